The first-order valence-corrected chi connectivity index (χ1v) is 7.97. The Hall–Kier alpha value is -1.47. The van der Waals surface area contributed by atoms with Gasteiger partial charge in [-0.1, -0.05) is 12.1 Å². The number of piperazine rings is 1. The maximum absolute atomic E-state index is 12.8. The molecular weight excluding hydrogens is 283 g/mol. The van der Waals surface area contributed by atoms with Crippen molar-refractivity contribution in [1.29, 1.82) is 0 Å². The van der Waals surface area contributed by atoms with Gasteiger partial charge in [0.2, 0.25) is 15.9 Å². The summed E-state index contributed by atoms with van der Waals surface area (Å²) in [4.78, 5) is 12.8. The highest BCUT2D eigenvalue weighted by Gasteiger charge is 2.27. The number of hydrogen-bond acceptors (Lipinski definition) is 3. The van der Waals surface area contributed by atoms with Crippen LogP contribution in [0.2, 0.25) is 0 Å². The molecule has 0 N–H and O–H groups in total. The van der Waals surface area contributed by atoms with Crippen LogP contribution >= 0.6 is 0 Å². The molecule has 1 amide bonds. The number of carbonyl (C=O) groups is 1. The zero-order chi connectivity index (χ0) is 14.8. The Morgan fingerprint density at radius 3 is 2.20 bits per heavy atom. The molecule has 0 atom stereocenters. The predicted octanol–water partition coefficient (Wildman–Crippen LogP) is 0.820. The van der Waals surface area contributed by atoms with E-state index < -0.39 is 10.0 Å². The molecule has 0 bridgehead atoms. The van der Waals surface area contributed by atoms with Gasteiger partial charge in [0.15, 0.2) is 0 Å². The van der Waals surface area contributed by atoms with E-state index in [0.717, 1.165) is 0 Å². The van der Waals surface area contributed by atoms with Crippen LogP contribution in [0.4, 0.5) is 4.39 Å². The molecule has 1 aliphatic heterocycles. The molecule has 1 saturated heterocycles. The quantitative estimate of drug-likeness (QED) is 0.830. The number of amides is 1. The molecule has 0 spiro atoms. The van der Waals surface area contributed by atoms with Crippen LogP contribution in [0.3, 0.4) is 0 Å². The van der Waals surface area contributed by atoms with Crippen molar-refractivity contribution >= 4 is 15.9 Å². The van der Waals surface area contributed by atoms with Crippen LogP contribution in [-0.4, -0.2) is 49.7 Å². The largest absolute Gasteiger partial charge is 0.340 e. The highest BCUT2D eigenvalue weighted by atomic mass is 32.2. The molecule has 0 unspecified atom stereocenters. The maximum Gasteiger partial charge on any atom is 0.219 e. The number of nitrogens with zero attached hydrogens (tertiary/aromatic N) is 2. The summed E-state index contributed by atoms with van der Waals surface area (Å²) in [5, 5.41) is 0. The number of halogens is 1. The average Bonchev–Trinajstić information content (AvgIpc) is 2.41. The lowest BCUT2D eigenvalue weighted by molar-refractivity contribution is -0.129. The van der Waals surface area contributed by atoms with E-state index in [2.05, 4.69) is 0 Å². The van der Waals surface area contributed by atoms with Crippen molar-refractivity contribution in [2.75, 3.05) is 26.2 Å². The van der Waals surface area contributed by atoms with Crippen LogP contribution in [0.25, 0.3) is 0 Å². The van der Waals surface area contributed by atoms with Crippen molar-refractivity contribution in [3.05, 3.63) is 35.6 Å². The van der Waals surface area contributed by atoms with E-state index in [0.29, 0.717) is 31.7 Å². The molecule has 110 valence electrons. The average molecular weight is 300 g/mol. The van der Waals surface area contributed by atoms with E-state index >= 15 is 0 Å². The van der Waals surface area contributed by atoms with Gasteiger partial charge in [-0.3, -0.25) is 4.79 Å². The summed E-state index contributed by atoms with van der Waals surface area (Å²) in [6.07, 6.45) is 0. The van der Waals surface area contributed by atoms with Gasteiger partial charge in [-0.15, -0.1) is 0 Å². The third-order valence-corrected chi connectivity index (χ3v) is 5.19. The summed E-state index contributed by atoms with van der Waals surface area (Å²) in [6.45, 7) is 2.92. The molecule has 0 saturated carbocycles. The standard InChI is InChI=1S/C13H17FN2O3S/c1-11(17)15-6-8-16(9-7-15)20(18,19)10-12-2-4-13(14)5-3-12/h2-5H,6-10H2,1H3. The van der Waals surface area contributed by atoms with E-state index in [1.165, 1.54) is 35.5 Å². The molecule has 20 heavy (non-hydrogen) atoms. The third-order valence-electron chi connectivity index (χ3n) is 3.34. The second-order valence-corrected chi connectivity index (χ2v) is 6.76. The lowest BCUT2D eigenvalue weighted by atomic mass is 10.2. The van der Waals surface area contributed by atoms with Crippen molar-refractivity contribution in [3.63, 3.8) is 0 Å². The normalized spacial score (nSPS) is 17.2. The van der Waals surface area contributed by atoms with Crippen molar-refractivity contribution in [3.8, 4) is 0 Å². The van der Waals surface area contributed by atoms with Gasteiger partial charge in [-0.25, -0.2) is 12.8 Å². The summed E-state index contributed by atoms with van der Waals surface area (Å²) in [7, 11) is -3.43. The number of hydrogen-bond donors (Lipinski definition) is 0. The van der Waals surface area contributed by atoms with Crippen molar-refractivity contribution in [2.45, 2.75) is 12.7 Å². The van der Waals surface area contributed by atoms with E-state index in [4.69, 9.17) is 0 Å². The van der Waals surface area contributed by atoms with Gasteiger partial charge in [-0.05, 0) is 17.7 Å². The summed E-state index contributed by atoms with van der Waals surface area (Å²) in [6, 6.07) is 5.44. The molecule has 1 aromatic rings. The van der Waals surface area contributed by atoms with Gasteiger partial charge in [0.1, 0.15) is 5.82 Å². The topological polar surface area (TPSA) is 57.7 Å². The van der Waals surface area contributed by atoms with Gasteiger partial charge < -0.3 is 4.90 Å². The van der Waals surface area contributed by atoms with Crippen LogP contribution in [0, 0.1) is 5.82 Å². The predicted molar refractivity (Wildman–Crippen MR) is 72.9 cm³/mol. The second-order valence-electron chi connectivity index (χ2n) is 4.79. The fourth-order valence-electron chi connectivity index (χ4n) is 2.16. The van der Waals surface area contributed by atoms with Crippen LogP contribution < -0.4 is 0 Å². The zero-order valence-corrected chi connectivity index (χ0v) is 12.1. The van der Waals surface area contributed by atoms with E-state index in [1.54, 1.807) is 4.90 Å². The Labute approximate surface area is 118 Å². The van der Waals surface area contributed by atoms with E-state index in [1.807, 2.05) is 0 Å². The molecule has 1 heterocycles. The Balaban J connectivity index is 2.01. The lowest BCUT2D eigenvalue weighted by Crippen LogP contribution is -2.50. The molecule has 0 aliphatic carbocycles. The fourth-order valence-corrected chi connectivity index (χ4v) is 3.68. The van der Waals surface area contributed by atoms with Crippen LogP contribution in [0.5, 0.6) is 0 Å². The molecule has 7 heteroatoms. The van der Waals surface area contributed by atoms with Crippen molar-refractivity contribution < 1.29 is 17.6 Å². The van der Waals surface area contributed by atoms with Gasteiger partial charge >= 0.3 is 0 Å². The van der Waals surface area contributed by atoms with Crippen molar-refractivity contribution in [1.82, 2.24) is 9.21 Å². The van der Waals surface area contributed by atoms with Gasteiger partial charge in [0.25, 0.3) is 0 Å². The van der Waals surface area contributed by atoms with E-state index in [9.17, 15) is 17.6 Å². The Kier molecular flexibility index (Phi) is 4.39. The molecule has 0 aromatic heterocycles. The van der Waals surface area contributed by atoms with Gasteiger partial charge in [0, 0.05) is 33.1 Å². The minimum atomic E-state index is -3.43. The Morgan fingerprint density at radius 1 is 1.15 bits per heavy atom. The van der Waals surface area contributed by atoms with Crippen molar-refractivity contribution in [2.24, 2.45) is 0 Å². The molecule has 2 rings (SSSR count). The second kappa shape index (κ2) is 5.88. The highest BCUT2D eigenvalue weighted by molar-refractivity contribution is 7.88. The maximum atomic E-state index is 12.8. The van der Waals surface area contributed by atoms with Gasteiger partial charge in [-0.2, -0.15) is 4.31 Å². The number of rotatable bonds is 3. The first-order chi connectivity index (χ1) is 9.38. The summed E-state index contributed by atoms with van der Waals surface area (Å²) in [5.41, 5.74) is 0.556. The number of benzene rings is 1. The minimum Gasteiger partial charge on any atom is -0.340 e. The molecule has 5 nitrogen and oxygen atoms in total. The minimum absolute atomic E-state index is 0.0411. The lowest BCUT2D eigenvalue weighted by Gasteiger charge is -2.33. The number of sulfonamides is 1. The SMILES string of the molecule is CC(=O)N1CCN(S(=O)(=O)Cc2ccc(F)cc2)CC1. The summed E-state index contributed by atoms with van der Waals surface area (Å²) < 4.78 is 38.7. The summed E-state index contributed by atoms with van der Waals surface area (Å²) in [5.74, 6) is -0.574. The van der Waals surface area contributed by atoms with Crippen LogP contribution in [0.15, 0.2) is 24.3 Å². The first kappa shape index (κ1) is 14.9. The van der Waals surface area contributed by atoms with E-state index in [-0.39, 0.29) is 17.5 Å². The molecule has 1 aromatic carbocycles. The van der Waals surface area contributed by atoms with Gasteiger partial charge in [0.05, 0.1) is 5.75 Å². The first-order valence-electron chi connectivity index (χ1n) is 6.36. The molecule has 1 aliphatic rings. The molecule has 1 fully saturated rings. The number of carbonyl (C=O) groups excluding carboxylic acids is 1. The fraction of sp³-hybridized carbons (Fsp3) is 0.462. The third kappa shape index (κ3) is 3.55. The molecule has 0 radical (unpaired) electrons. The Morgan fingerprint density at radius 2 is 1.70 bits per heavy atom. The highest BCUT2D eigenvalue weighted by Crippen LogP contribution is 2.14. The Bertz CT molecular complexity index is 578. The van der Waals surface area contributed by atoms with Crippen LogP contribution in [-0.2, 0) is 20.6 Å². The smallest absolute Gasteiger partial charge is 0.219 e. The summed E-state index contributed by atoms with van der Waals surface area (Å²) >= 11 is 0. The zero-order valence-electron chi connectivity index (χ0n) is 11.3. The molecular formula is C13H17FN2O3S. The van der Waals surface area contributed by atoms with Crippen LogP contribution in [0.1, 0.15) is 12.5 Å². The monoisotopic (exact) mass is 300 g/mol.